The molecule has 0 aliphatic carbocycles. The Kier molecular flexibility index (Phi) is 14.6. The third-order valence-corrected chi connectivity index (χ3v) is 3.62. The average molecular weight is 518 g/mol. The first kappa shape index (κ1) is 23.5. The minimum absolute atomic E-state index is 0. The molecular weight excluding hydrogens is 492 g/mol. The van der Waals surface area contributed by atoms with Crippen LogP contribution in [0.2, 0.25) is 0 Å². The lowest BCUT2D eigenvalue weighted by molar-refractivity contribution is 0.0733. The van der Waals surface area contributed by atoms with E-state index in [4.69, 9.17) is 9.47 Å². The summed E-state index contributed by atoms with van der Waals surface area (Å²) in [5, 5.41) is 6.36. The fourth-order valence-electron chi connectivity index (χ4n) is 1.92. The standard InChI is InChI=1S/C16H25BrFN3O2.HI/c1-19-16(21-8-9-23-11-10-22-2)20-7-3-4-13-5-6-14(17)12-15(13)18;/h5-6,12H,3-4,7-11H2,1-2H3,(H2,19,20,21);1H. The number of nitrogens with one attached hydrogen (secondary N) is 2. The molecule has 0 saturated carbocycles. The van der Waals surface area contributed by atoms with Crippen molar-refractivity contribution in [3.63, 3.8) is 0 Å². The maximum atomic E-state index is 13.7. The Morgan fingerprint density at radius 1 is 1.21 bits per heavy atom. The molecule has 0 aliphatic rings. The lowest BCUT2D eigenvalue weighted by Crippen LogP contribution is -2.39. The van der Waals surface area contributed by atoms with Crippen LogP contribution < -0.4 is 10.6 Å². The van der Waals surface area contributed by atoms with E-state index in [2.05, 4.69) is 31.6 Å². The second kappa shape index (κ2) is 14.9. The van der Waals surface area contributed by atoms with E-state index in [9.17, 15) is 4.39 Å². The molecule has 0 spiro atoms. The predicted molar refractivity (Wildman–Crippen MR) is 110 cm³/mol. The molecule has 0 aromatic heterocycles. The van der Waals surface area contributed by atoms with E-state index in [0.717, 1.165) is 29.0 Å². The van der Waals surface area contributed by atoms with Crippen molar-refractivity contribution in [1.82, 2.24) is 10.6 Å². The van der Waals surface area contributed by atoms with Crippen LogP contribution in [0.4, 0.5) is 4.39 Å². The van der Waals surface area contributed by atoms with Gasteiger partial charge < -0.3 is 20.1 Å². The Hall–Kier alpha value is -0.450. The van der Waals surface area contributed by atoms with Gasteiger partial charge in [0.25, 0.3) is 0 Å². The van der Waals surface area contributed by atoms with Gasteiger partial charge in [-0.3, -0.25) is 4.99 Å². The summed E-state index contributed by atoms with van der Waals surface area (Å²) in [5.74, 6) is 0.548. The van der Waals surface area contributed by atoms with Crippen molar-refractivity contribution in [2.75, 3.05) is 47.1 Å². The second-order valence-corrected chi connectivity index (χ2v) is 5.79. The Labute approximate surface area is 168 Å². The maximum Gasteiger partial charge on any atom is 0.191 e. The molecule has 0 atom stereocenters. The number of hydrogen-bond donors (Lipinski definition) is 2. The van der Waals surface area contributed by atoms with Crippen LogP contribution in [-0.4, -0.2) is 53.0 Å². The van der Waals surface area contributed by atoms with Gasteiger partial charge in [-0.25, -0.2) is 4.39 Å². The van der Waals surface area contributed by atoms with E-state index < -0.39 is 0 Å². The number of nitrogens with zero attached hydrogens (tertiary/aromatic N) is 1. The van der Waals surface area contributed by atoms with E-state index in [0.29, 0.717) is 32.8 Å². The molecule has 5 nitrogen and oxygen atoms in total. The molecule has 24 heavy (non-hydrogen) atoms. The van der Waals surface area contributed by atoms with Crippen LogP contribution in [0, 0.1) is 5.82 Å². The summed E-state index contributed by atoms with van der Waals surface area (Å²) in [6.07, 6.45) is 1.51. The number of hydrogen-bond acceptors (Lipinski definition) is 3. The fraction of sp³-hybridized carbons (Fsp3) is 0.562. The number of aliphatic imine (C=N–C) groups is 1. The number of halogens is 3. The van der Waals surface area contributed by atoms with Crippen molar-refractivity contribution in [3.05, 3.63) is 34.1 Å². The van der Waals surface area contributed by atoms with E-state index in [1.54, 1.807) is 14.2 Å². The highest BCUT2D eigenvalue weighted by Crippen LogP contribution is 2.16. The molecule has 0 bridgehead atoms. The average Bonchev–Trinajstić information content (AvgIpc) is 2.54. The monoisotopic (exact) mass is 517 g/mol. The zero-order chi connectivity index (χ0) is 16.9. The Morgan fingerprint density at radius 3 is 2.62 bits per heavy atom. The van der Waals surface area contributed by atoms with Crippen LogP contribution in [0.1, 0.15) is 12.0 Å². The molecule has 2 N–H and O–H groups in total. The van der Waals surface area contributed by atoms with Gasteiger partial charge in [0.05, 0.1) is 19.8 Å². The highest BCUT2D eigenvalue weighted by molar-refractivity contribution is 14.0. The molecule has 138 valence electrons. The van der Waals surface area contributed by atoms with Crippen LogP contribution in [-0.2, 0) is 15.9 Å². The first-order valence-corrected chi connectivity index (χ1v) is 8.41. The summed E-state index contributed by atoms with van der Waals surface area (Å²) in [6, 6.07) is 5.16. The molecule has 1 rings (SSSR count). The van der Waals surface area contributed by atoms with Gasteiger partial charge in [0.1, 0.15) is 5.82 Å². The molecule has 0 fully saturated rings. The van der Waals surface area contributed by atoms with Crippen molar-refractivity contribution >= 4 is 45.9 Å². The van der Waals surface area contributed by atoms with Crippen molar-refractivity contribution in [2.45, 2.75) is 12.8 Å². The minimum Gasteiger partial charge on any atom is -0.382 e. The minimum atomic E-state index is -0.171. The van der Waals surface area contributed by atoms with Gasteiger partial charge >= 0.3 is 0 Å². The van der Waals surface area contributed by atoms with Crippen molar-refractivity contribution in [3.8, 4) is 0 Å². The molecule has 8 heteroatoms. The van der Waals surface area contributed by atoms with E-state index in [-0.39, 0.29) is 29.8 Å². The Balaban J connectivity index is 0.00000529. The van der Waals surface area contributed by atoms with Gasteiger partial charge in [-0.2, -0.15) is 0 Å². The third kappa shape index (κ3) is 10.4. The molecular formula is C16H26BrFIN3O2. The number of benzene rings is 1. The number of aryl methyl sites for hydroxylation is 1. The quantitative estimate of drug-likeness (QED) is 0.217. The molecule has 0 saturated heterocycles. The maximum absolute atomic E-state index is 13.7. The molecule has 0 amide bonds. The fourth-order valence-corrected chi connectivity index (χ4v) is 2.25. The summed E-state index contributed by atoms with van der Waals surface area (Å²) >= 11 is 3.26. The Morgan fingerprint density at radius 2 is 1.96 bits per heavy atom. The highest BCUT2D eigenvalue weighted by Gasteiger charge is 2.03. The number of rotatable bonds is 10. The first-order valence-electron chi connectivity index (χ1n) is 7.62. The number of methoxy groups -OCH3 is 1. The van der Waals surface area contributed by atoms with Crippen molar-refractivity contribution < 1.29 is 13.9 Å². The van der Waals surface area contributed by atoms with Crippen LogP contribution in [0.3, 0.4) is 0 Å². The smallest absolute Gasteiger partial charge is 0.191 e. The lowest BCUT2D eigenvalue weighted by Gasteiger charge is -2.12. The lowest BCUT2D eigenvalue weighted by atomic mass is 10.1. The number of ether oxygens (including phenoxy) is 2. The molecule has 0 radical (unpaired) electrons. The molecule has 0 heterocycles. The summed E-state index contributed by atoms with van der Waals surface area (Å²) in [5.41, 5.74) is 0.726. The van der Waals surface area contributed by atoms with E-state index in [1.807, 2.05) is 12.1 Å². The van der Waals surface area contributed by atoms with E-state index >= 15 is 0 Å². The van der Waals surface area contributed by atoms with Gasteiger partial charge in [0.15, 0.2) is 5.96 Å². The second-order valence-electron chi connectivity index (χ2n) is 4.87. The van der Waals surface area contributed by atoms with Gasteiger partial charge in [0.2, 0.25) is 0 Å². The summed E-state index contributed by atoms with van der Waals surface area (Å²) in [4.78, 5) is 4.13. The van der Waals surface area contributed by atoms with Crippen LogP contribution in [0.15, 0.2) is 27.7 Å². The summed E-state index contributed by atoms with van der Waals surface area (Å²) < 4.78 is 24.7. The normalized spacial score (nSPS) is 11.1. The zero-order valence-electron chi connectivity index (χ0n) is 14.1. The zero-order valence-corrected chi connectivity index (χ0v) is 18.0. The first-order chi connectivity index (χ1) is 11.2. The van der Waals surface area contributed by atoms with Gasteiger partial charge in [-0.15, -0.1) is 24.0 Å². The summed E-state index contributed by atoms with van der Waals surface area (Å²) in [7, 11) is 3.36. The predicted octanol–water partition coefficient (Wildman–Crippen LogP) is 2.97. The largest absolute Gasteiger partial charge is 0.382 e. The van der Waals surface area contributed by atoms with Crippen LogP contribution in [0.25, 0.3) is 0 Å². The number of guanidine groups is 1. The van der Waals surface area contributed by atoms with Gasteiger partial charge in [-0.05, 0) is 30.5 Å². The van der Waals surface area contributed by atoms with E-state index in [1.165, 1.54) is 6.07 Å². The van der Waals surface area contributed by atoms with Gasteiger partial charge in [0, 0.05) is 31.7 Å². The molecule has 1 aromatic rings. The topological polar surface area (TPSA) is 54.9 Å². The summed E-state index contributed by atoms with van der Waals surface area (Å²) in [6.45, 7) is 3.17. The third-order valence-electron chi connectivity index (χ3n) is 3.12. The van der Waals surface area contributed by atoms with Crippen LogP contribution in [0.5, 0.6) is 0 Å². The highest BCUT2D eigenvalue weighted by atomic mass is 127. The van der Waals surface area contributed by atoms with Crippen molar-refractivity contribution in [1.29, 1.82) is 0 Å². The Bertz CT molecular complexity index is 492. The van der Waals surface area contributed by atoms with Gasteiger partial charge in [-0.1, -0.05) is 22.0 Å². The molecule has 0 aliphatic heterocycles. The van der Waals surface area contributed by atoms with Crippen molar-refractivity contribution in [2.24, 2.45) is 4.99 Å². The molecule has 0 unspecified atom stereocenters. The molecule has 1 aromatic carbocycles. The SMILES string of the molecule is CN=C(NCCCc1ccc(Br)cc1F)NCCOCCOC.I. The van der Waals surface area contributed by atoms with Crippen LogP contribution >= 0.6 is 39.9 Å².